The molecule has 1 amide bonds. The lowest BCUT2D eigenvalue weighted by atomic mass is 9.95. The van der Waals surface area contributed by atoms with E-state index < -0.39 is 6.10 Å². The molecule has 1 fully saturated rings. The monoisotopic (exact) mass is 363 g/mol. The van der Waals surface area contributed by atoms with Gasteiger partial charge in [-0.1, -0.05) is 61.7 Å². The van der Waals surface area contributed by atoms with Crippen LogP contribution in [0.4, 0.5) is 0 Å². The molecular formula is C22H25N3O2. The molecule has 0 bridgehead atoms. The first kappa shape index (κ1) is 17.7. The predicted molar refractivity (Wildman–Crippen MR) is 105 cm³/mol. The molecule has 1 saturated carbocycles. The Bertz CT molecular complexity index is 914. The first-order valence-corrected chi connectivity index (χ1v) is 9.70. The van der Waals surface area contributed by atoms with Gasteiger partial charge in [0.1, 0.15) is 18.5 Å². The topological polar surface area (TPSA) is 67.2 Å². The van der Waals surface area contributed by atoms with Crippen LogP contribution in [0.1, 0.15) is 49.6 Å². The number of para-hydroxylation sites is 2. The standard InChI is InChI=1S/C22H25N3O2/c26-20(23-17-11-5-2-6-12-17)15-25-19-14-8-7-13-18(19)24-22(25)21(27)16-9-3-1-4-10-16/h1,3-4,7-10,13-14,17,21,27H,2,5-6,11-12,15H2,(H,23,26)/t21-/m0/s1. The lowest BCUT2D eigenvalue weighted by molar-refractivity contribution is -0.122. The van der Waals surface area contributed by atoms with Crippen molar-refractivity contribution in [2.24, 2.45) is 0 Å². The molecule has 1 aliphatic rings. The molecule has 5 heteroatoms. The summed E-state index contributed by atoms with van der Waals surface area (Å²) < 4.78 is 1.84. The van der Waals surface area contributed by atoms with Gasteiger partial charge in [-0.2, -0.15) is 0 Å². The summed E-state index contributed by atoms with van der Waals surface area (Å²) in [5.41, 5.74) is 2.41. The number of aromatic nitrogens is 2. The van der Waals surface area contributed by atoms with E-state index in [1.807, 2.05) is 59.2 Å². The van der Waals surface area contributed by atoms with E-state index in [2.05, 4.69) is 10.3 Å². The number of carbonyl (C=O) groups excluding carboxylic acids is 1. The van der Waals surface area contributed by atoms with E-state index in [4.69, 9.17) is 0 Å². The van der Waals surface area contributed by atoms with Gasteiger partial charge in [-0.15, -0.1) is 0 Å². The molecule has 2 N–H and O–H groups in total. The molecule has 5 nitrogen and oxygen atoms in total. The van der Waals surface area contributed by atoms with Crippen molar-refractivity contribution >= 4 is 16.9 Å². The smallest absolute Gasteiger partial charge is 0.240 e. The number of hydrogen-bond donors (Lipinski definition) is 2. The number of benzene rings is 2. The average molecular weight is 363 g/mol. The highest BCUT2D eigenvalue weighted by Crippen LogP contribution is 2.26. The molecule has 0 radical (unpaired) electrons. The summed E-state index contributed by atoms with van der Waals surface area (Å²) in [6.45, 7) is 0.163. The average Bonchev–Trinajstić information content (AvgIpc) is 3.07. The van der Waals surface area contributed by atoms with Gasteiger partial charge in [-0.25, -0.2) is 4.98 Å². The zero-order chi connectivity index (χ0) is 18.6. The number of rotatable bonds is 5. The third-order valence-electron chi connectivity index (χ3n) is 5.32. The van der Waals surface area contributed by atoms with Crippen LogP contribution in [0.3, 0.4) is 0 Å². The van der Waals surface area contributed by atoms with Crippen LogP contribution < -0.4 is 5.32 Å². The molecule has 1 atom stereocenters. The molecule has 3 aromatic rings. The van der Waals surface area contributed by atoms with Crippen LogP contribution in [0.2, 0.25) is 0 Å². The van der Waals surface area contributed by atoms with Gasteiger partial charge >= 0.3 is 0 Å². The number of nitrogens with zero attached hydrogens (tertiary/aromatic N) is 2. The first-order chi connectivity index (χ1) is 13.2. The van der Waals surface area contributed by atoms with Gasteiger partial charge in [-0.3, -0.25) is 4.79 Å². The van der Waals surface area contributed by atoms with Gasteiger partial charge in [0.05, 0.1) is 11.0 Å². The Kier molecular flexibility index (Phi) is 5.21. The molecule has 1 aliphatic carbocycles. The minimum Gasteiger partial charge on any atom is -0.380 e. The fraction of sp³-hybridized carbons (Fsp3) is 0.364. The maximum atomic E-state index is 12.7. The van der Waals surface area contributed by atoms with Gasteiger partial charge < -0.3 is 15.0 Å². The van der Waals surface area contributed by atoms with Gasteiger partial charge in [0.2, 0.25) is 5.91 Å². The zero-order valence-electron chi connectivity index (χ0n) is 15.3. The largest absolute Gasteiger partial charge is 0.380 e. The summed E-state index contributed by atoms with van der Waals surface area (Å²) in [4.78, 5) is 17.3. The summed E-state index contributed by atoms with van der Waals surface area (Å²) in [5, 5.41) is 14.1. The molecule has 1 heterocycles. The minimum absolute atomic E-state index is 0.0217. The molecule has 0 spiro atoms. The number of aliphatic hydroxyl groups is 1. The molecule has 1 aromatic heterocycles. The normalized spacial score (nSPS) is 16.3. The molecule has 0 saturated heterocycles. The summed E-state index contributed by atoms with van der Waals surface area (Å²) >= 11 is 0. The number of hydrogen-bond acceptors (Lipinski definition) is 3. The van der Waals surface area contributed by atoms with E-state index in [1.165, 1.54) is 19.3 Å². The van der Waals surface area contributed by atoms with Crippen molar-refractivity contribution in [2.75, 3.05) is 0 Å². The summed E-state index contributed by atoms with van der Waals surface area (Å²) in [5.74, 6) is 0.479. The number of aliphatic hydroxyl groups excluding tert-OH is 1. The number of nitrogens with one attached hydrogen (secondary N) is 1. The predicted octanol–water partition coefficient (Wildman–Crippen LogP) is 3.57. The maximum Gasteiger partial charge on any atom is 0.240 e. The molecule has 2 aromatic carbocycles. The molecule has 4 rings (SSSR count). The van der Waals surface area contributed by atoms with E-state index in [9.17, 15) is 9.90 Å². The summed E-state index contributed by atoms with van der Waals surface area (Å²) in [6, 6.07) is 17.4. The van der Waals surface area contributed by atoms with Crippen molar-refractivity contribution in [3.63, 3.8) is 0 Å². The fourth-order valence-electron chi connectivity index (χ4n) is 3.92. The molecule has 0 unspecified atom stereocenters. The van der Waals surface area contributed by atoms with E-state index in [-0.39, 0.29) is 18.5 Å². The van der Waals surface area contributed by atoms with Crippen molar-refractivity contribution < 1.29 is 9.90 Å². The van der Waals surface area contributed by atoms with Crippen LogP contribution >= 0.6 is 0 Å². The third kappa shape index (κ3) is 3.88. The summed E-state index contributed by atoms with van der Waals surface area (Å²) in [6.07, 6.45) is 4.84. The van der Waals surface area contributed by atoms with Gasteiger partial charge in [0, 0.05) is 6.04 Å². The van der Waals surface area contributed by atoms with Crippen molar-refractivity contribution in [1.29, 1.82) is 0 Å². The van der Waals surface area contributed by atoms with Crippen LogP contribution in [-0.2, 0) is 11.3 Å². The highest BCUT2D eigenvalue weighted by atomic mass is 16.3. The molecular weight excluding hydrogens is 338 g/mol. The Labute approximate surface area is 159 Å². The van der Waals surface area contributed by atoms with E-state index in [0.717, 1.165) is 29.4 Å². The SMILES string of the molecule is O=C(Cn1c([C@@H](O)c2ccccc2)nc2ccccc21)NC1CCCCC1. The molecule has 27 heavy (non-hydrogen) atoms. The van der Waals surface area contributed by atoms with Crippen LogP contribution in [-0.4, -0.2) is 26.6 Å². The maximum absolute atomic E-state index is 12.7. The second-order valence-electron chi connectivity index (χ2n) is 7.26. The van der Waals surface area contributed by atoms with Crippen molar-refractivity contribution in [3.8, 4) is 0 Å². The van der Waals surface area contributed by atoms with Gasteiger partial charge in [0.25, 0.3) is 0 Å². The van der Waals surface area contributed by atoms with E-state index in [0.29, 0.717) is 5.82 Å². The van der Waals surface area contributed by atoms with Crippen LogP contribution in [0.5, 0.6) is 0 Å². The Morgan fingerprint density at radius 3 is 2.56 bits per heavy atom. The summed E-state index contributed by atoms with van der Waals surface area (Å²) in [7, 11) is 0. The van der Waals surface area contributed by atoms with Gasteiger partial charge in [-0.05, 0) is 30.5 Å². The highest BCUT2D eigenvalue weighted by molar-refractivity contribution is 5.81. The van der Waals surface area contributed by atoms with E-state index in [1.54, 1.807) is 0 Å². The van der Waals surface area contributed by atoms with Crippen LogP contribution in [0.25, 0.3) is 11.0 Å². The second-order valence-corrected chi connectivity index (χ2v) is 7.26. The minimum atomic E-state index is -0.874. The fourth-order valence-corrected chi connectivity index (χ4v) is 3.92. The van der Waals surface area contributed by atoms with Crippen molar-refractivity contribution in [3.05, 3.63) is 66.0 Å². The first-order valence-electron chi connectivity index (χ1n) is 9.70. The van der Waals surface area contributed by atoms with Gasteiger partial charge in [0.15, 0.2) is 0 Å². The van der Waals surface area contributed by atoms with Crippen LogP contribution in [0.15, 0.2) is 54.6 Å². The second kappa shape index (κ2) is 7.92. The zero-order valence-corrected chi connectivity index (χ0v) is 15.3. The highest BCUT2D eigenvalue weighted by Gasteiger charge is 2.22. The molecule has 0 aliphatic heterocycles. The number of carbonyl (C=O) groups is 1. The Balaban J connectivity index is 1.63. The lowest BCUT2D eigenvalue weighted by Gasteiger charge is -2.23. The van der Waals surface area contributed by atoms with Crippen LogP contribution in [0, 0.1) is 0 Å². The number of fused-ring (bicyclic) bond motifs is 1. The number of imidazole rings is 1. The lowest BCUT2D eigenvalue weighted by Crippen LogP contribution is -2.38. The Morgan fingerprint density at radius 1 is 1.07 bits per heavy atom. The quantitative estimate of drug-likeness (QED) is 0.728. The third-order valence-corrected chi connectivity index (χ3v) is 5.32. The van der Waals surface area contributed by atoms with Crippen molar-refractivity contribution in [1.82, 2.24) is 14.9 Å². The Morgan fingerprint density at radius 2 is 1.78 bits per heavy atom. The molecule has 140 valence electrons. The van der Waals surface area contributed by atoms with Crippen molar-refractivity contribution in [2.45, 2.75) is 50.8 Å². The van der Waals surface area contributed by atoms with E-state index >= 15 is 0 Å². The Hall–Kier alpha value is -2.66. The number of amides is 1.